The second-order valence-electron chi connectivity index (χ2n) is 2.70. The third-order valence-corrected chi connectivity index (χ3v) is 2.43. The van der Waals surface area contributed by atoms with E-state index in [1.807, 2.05) is 18.4 Å². The maximum absolute atomic E-state index is 11.8. The summed E-state index contributed by atoms with van der Waals surface area (Å²) in [5, 5.41) is 3.17. The molecule has 1 rings (SSSR count). The number of alkyl halides is 1. The van der Waals surface area contributed by atoms with Crippen LogP contribution >= 0.6 is 11.8 Å². The van der Waals surface area contributed by atoms with Gasteiger partial charge in [-0.05, 0) is 30.9 Å². The van der Waals surface area contributed by atoms with Gasteiger partial charge in [0, 0.05) is 17.1 Å². The predicted molar refractivity (Wildman–Crippen MR) is 57.3 cm³/mol. The van der Waals surface area contributed by atoms with Crippen molar-refractivity contribution < 1.29 is 4.39 Å². The molecule has 0 aliphatic heterocycles. The van der Waals surface area contributed by atoms with Crippen molar-refractivity contribution >= 4 is 17.4 Å². The third-order valence-electron chi connectivity index (χ3n) is 1.71. The summed E-state index contributed by atoms with van der Waals surface area (Å²) in [7, 11) is 0. The molecule has 0 saturated heterocycles. The van der Waals surface area contributed by atoms with Crippen LogP contribution in [0.3, 0.4) is 0 Å². The molecule has 0 atom stereocenters. The summed E-state index contributed by atoms with van der Waals surface area (Å²) >= 11 is 1.71. The highest BCUT2D eigenvalue weighted by Crippen LogP contribution is 2.18. The van der Waals surface area contributed by atoms with Crippen molar-refractivity contribution in [1.82, 2.24) is 0 Å². The molecule has 0 bridgehead atoms. The molecule has 0 heterocycles. The van der Waals surface area contributed by atoms with Crippen LogP contribution < -0.4 is 5.32 Å². The van der Waals surface area contributed by atoms with Crippen molar-refractivity contribution in [3.63, 3.8) is 0 Å². The fourth-order valence-corrected chi connectivity index (χ4v) is 1.49. The minimum Gasteiger partial charge on any atom is -0.385 e. The first kappa shape index (κ1) is 10.4. The highest BCUT2D eigenvalue weighted by atomic mass is 32.2. The Morgan fingerprint density at radius 3 is 3.00 bits per heavy atom. The lowest BCUT2D eigenvalue weighted by Gasteiger charge is -2.05. The summed E-state index contributed by atoms with van der Waals surface area (Å²) in [5.74, 6) is 0. The molecule has 1 aromatic rings. The van der Waals surface area contributed by atoms with E-state index in [0.717, 1.165) is 5.69 Å². The van der Waals surface area contributed by atoms with Crippen molar-refractivity contribution in [2.24, 2.45) is 0 Å². The zero-order valence-corrected chi connectivity index (χ0v) is 8.53. The maximum atomic E-state index is 11.8. The van der Waals surface area contributed by atoms with Gasteiger partial charge >= 0.3 is 0 Å². The van der Waals surface area contributed by atoms with Crippen LogP contribution in [0.5, 0.6) is 0 Å². The number of rotatable bonds is 5. The molecule has 0 aliphatic carbocycles. The average Bonchev–Trinajstić information content (AvgIpc) is 2.19. The van der Waals surface area contributed by atoms with Crippen LogP contribution in [0.1, 0.15) is 6.42 Å². The number of benzene rings is 1. The topological polar surface area (TPSA) is 12.0 Å². The zero-order chi connectivity index (χ0) is 9.52. The molecule has 1 N–H and O–H groups in total. The Morgan fingerprint density at radius 2 is 2.31 bits per heavy atom. The van der Waals surface area contributed by atoms with E-state index in [0.29, 0.717) is 13.0 Å². The standard InChI is InChI=1S/C10H14FNS/c1-13-10-5-2-4-9(8-10)12-7-3-6-11/h2,4-5,8,12H,3,6-7H2,1H3. The maximum Gasteiger partial charge on any atom is 0.0911 e. The summed E-state index contributed by atoms with van der Waals surface area (Å²) in [6.07, 6.45) is 2.62. The number of thioether (sulfide) groups is 1. The van der Waals surface area contributed by atoms with E-state index in [4.69, 9.17) is 0 Å². The van der Waals surface area contributed by atoms with Crippen LogP contribution in [0.25, 0.3) is 0 Å². The Bertz CT molecular complexity index is 252. The lowest BCUT2D eigenvalue weighted by atomic mass is 10.3. The molecule has 3 heteroatoms. The molecular weight excluding hydrogens is 185 g/mol. The van der Waals surface area contributed by atoms with Crippen LogP contribution in [0.4, 0.5) is 10.1 Å². The first-order valence-electron chi connectivity index (χ1n) is 4.30. The summed E-state index contributed by atoms with van der Waals surface area (Å²) in [5.41, 5.74) is 1.07. The van der Waals surface area contributed by atoms with E-state index >= 15 is 0 Å². The van der Waals surface area contributed by atoms with Gasteiger partial charge in [-0.15, -0.1) is 11.8 Å². The van der Waals surface area contributed by atoms with Crippen LogP contribution in [-0.2, 0) is 0 Å². The van der Waals surface area contributed by atoms with E-state index in [1.54, 1.807) is 11.8 Å². The molecule has 0 aliphatic rings. The van der Waals surface area contributed by atoms with Crippen LogP contribution in [0.15, 0.2) is 29.2 Å². The largest absolute Gasteiger partial charge is 0.385 e. The third kappa shape index (κ3) is 3.68. The predicted octanol–water partition coefficient (Wildman–Crippen LogP) is 3.18. The van der Waals surface area contributed by atoms with Crippen LogP contribution in [-0.4, -0.2) is 19.5 Å². The number of halogens is 1. The lowest BCUT2D eigenvalue weighted by molar-refractivity contribution is 0.481. The van der Waals surface area contributed by atoms with Gasteiger partial charge in [-0.2, -0.15) is 0 Å². The summed E-state index contributed by atoms with van der Waals surface area (Å²) in [4.78, 5) is 1.23. The van der Waals surface area contributed by atoms with Crippen LogP contribution in [0.2, 0.25) is 0 Å². The van der Waals surface area contributed by atoms with E-state index in [2.05, 4.69) is 17.4 Å². The Kier molecular flexibility index (Phi) is 4.68. The summed E-state index contributed by atoms with van der Waals surface area (Å²) in [6, 6.07) is 8.13. The Morgan fingerprint density at radius 1 is 1.46 bits per heavy atom. The molecule has 0 saturated carbocycles. The zero-order valence-electron chi connectivity index (χ0n) is 7.72. The summed E-state index contributed by atoms with van der Waals surface area (Å²) < 4.78 is 11.8. The quantitative estimate of drug-likeness (QED) is 0.577. The highest BCUT2D eigenvalue weighted by molar-refractivity contribution is 7.98. The second-order valence-corrected chi connectivity index (χ2v) is 3.58. The molecule has 1 nitrogen and oxygen atoms in total. The second kappa shape index (κ2) is 5.86. The van der Waals surface area contributed by atoms with Gasteiger partial charge in [-0.1, -0.05) is 6.07 Å². The van der Waals surface area contributed by atoms with Crippen LogP contribution in [0, 0.1) is 0 Å². The minimum absolute atomic E-state index is 0.255. The highest BCUT2D eigenvalue weighted by Gasteiger charge is 1.93. The number of nitrogens with one attached hydrogen (secondary N) is 1. The number of hydrogen-bond donors (Lipinski definition) is 1. The molecule has 0 aromatic heterocycles. The first-order chi connectivity index (χ1) is 6.36. The normalized spacial score (nSPS) is 10.0. The Hall–Kier alpha value is -0.700. The van der Waals surface area contributed by atoms with Crippen molar-refractivity contribution in [2.45, 2.75) is 11.3 Å². The molecule has 13 heavy (non-hydrogen) atoms. The van der Waals surface area contributed by atoms with Gasteiger partial charge in [0.2, 0.25) is 0 Å². The van der Waals surface area contributed by atoms with E-state index in [9.17, 15) is 4.39 Å². The molecule has 0 amide bonds. The van der Waals surface area contributed by atoms with E-state index in [1.165, 1.54) is 4.90 Å². The molecule has 0 radical (unpaired) electrons. The van der Waals surface area contributed by atoms with Crippen molar-refractivity contribution in [3.8, 4) is 0 Å². The van der Waals surface area contributed by atoms with Gasteiger partial charge in [0.1, 0.15) is 0 Å². The fourth-order valence-electron chi connectivity index (χ4n) is 1.03. The van der Waals surface area contributed by atoms with E-state index < -0.39 is 0 Å². The van der Waals surface area contributed by atoms with Crippen molar-refractivity contribution in [3.05, 3.63) is 24.3 Å². The van der Waals surface area contributed by atoms with Crippen molar-refractivity contribution in [2.75, 3.05) is 24.8 Å². The molecule has 72 valence electrons. The number of hydrogen-bond acceptors (Lipinski definition) is 2. The van der Waals surface area contributed by atoms with Gasteiger partial charge < -0.3 is 5.32 Å². The molecule has 1 aromatic carbocycles. The Labute approximate surface area is 82.7 Å². The van der Waals surface area contributed by atoms with E-state index in [-0.39, 0.29) is 6.67 Å². The number of anilines is 1. The minimum atomic E-state index is -0.255. The van der Waals surface area contributed by atoms with Gasteiger partial charge in [0.15, 0.2) is 0 Å². The van der Waals surface area contributed by atoms with Gasteiger partial charge in [0.25, 0.3) is 0 Å². The SMILES string of the molecule is CSc1cccc(NCCCF)c1. The first-order valence-corrected chi connectivity index (χ1v) is 5.53. The summed E-state index contributed by atoms with van der Waals surface area (Å²) in [6.45, 7) is 0.448. The fraction of sp³-hybridized carbons (Fsp3) is 0.400. The monoisotopic (exact) mass is 199 g/mol. The Balaban J connectivity index is 2.46. The molecule has 0 unspecified atom stereocenters. The lowest BCUT2D eigenvalue weighted by Crippen LogP contribution is -2.01. The average molecular weight is 199 g/mol. The van der Waals surface area contributed by atoms with Gasteiger partial charge in [0.05, 0.1) is 6.67 Å². The van der Waals surface area contributed by atoms with Gasteiger partial charge in [-0.3, -0.25) is 4.39 Å². The van der Waals surface area contributed by atoms with Gasteiger partial charge in [-0.25, -0.2) is 0 Å². The molecule has 0 spiro atoms. The smallest absolute Gasteiger partial charge is 0.0911 e. The molecule has 0 fully saturated rings. The van der Waals surface area contributed by atoms with Crippen molar-refractivity contribution in [1.29, 1.82) is 0 Å². The molecular formula is C10H14FNS.